The molecule has 0 radical (unpaired) electrons. The Hall–Kier alpha value is -0.450. The van der Waals surface area contributed by atoms with Gasteiger partial charge in [-0.25, -0.2) is 0 Å². The number of hydrogen-bond donors (Lipinski definition) is 1. The normalized spacial score (nSPS) is 30.1. The SMILES string of the molecule is Cl.NC1CCC(C(=O)N2CCN(S(=O)(=O)N3CCOCC3)CC2)C1. The second-order valence-corrected chi connectivity index (χ2v) is 8.44. The number of halogens is 1. The number of morpholine rings is 1. The van der Waals surface area contributed by atoms with Crippen LogP contribution in [0.5, 0.6) is 0 Å². The minimum absolute atomic E-state index is 0. The van der Waals surface area contributed by atoms with Gasteiger partial charge in [0.1, 0.15) is 0 Å². The van der Waals surface area contributed by atoms with Crippen molar-refractivity contribution in [1.82, 2.24) is 13.5 Å². The lowest BCUT2D eigenvalue weighted by molar-refractivity contribution is -0.136. The molecule has 3 fully saturated rings. The van der Waals surface area contributed by atoms with Crippen molar-refractivity contribution in [2.75, 3.05) is 52.5 Å². The summed E-state index contributed by atoms with van der Waals surface area (Å²) in [4.78, 5) is 14.3. The summed E-state index contributed by atoms with van der Waals surface area (Å²) in [7, 11) is -3.43. The highest BCUT2D eigenvalue weighted by Gasteiger charge is 2.36. The smallest absolute Gasteiger partial charge is 0.282 e. The van der Waals surface area contributed by atoms with Crippen LogP contribution in [-0.4, -0.2) is 86.4 Å². The Morgan fingerprint density at radius 2 is 1.54 bits per heavy atom. The average molecular weight is 383 g/mol. The lowest BCUT2D eigenvalue weighted by Gasteiger charge is -2.38. The Bertz CT molecular complexity index is 533. The predicted octanol–water partition coefficient (Wildman–Crippen LogP) is -0.743. The van der Waals surface area contributed by atoms with E-state index in [0.29, 0.717) is 52.5 Å². The van der Waals surface area contributed by atoms with E-state index in [4.69, 9.17) is 10.5 Å². The van der Waals surface area contributed by atoms with Gasteiger partial charge in [0.2, 0.25) is 5.91 Å². The van der Waals surface area contributed by atoms with E-state index in [1.54, 1.807) is 4.90 Å². The van der Waals surface area contributed by atoms with Gasteiger partial charge in [0.05, 0.1) is 13.2 Å². The van der Waals surface area contributed by atoms with E-state index in [-0.39, 0.29) is 30.3 Å². The predicted molar refractivity (Wildman–Crippen MR) is 92.0 cm³/mol. The largest absolute Gasteiger partial charge is 0.379 e. The van der Waals surface area contributed by atoms with Gasteiger partial charge in [-0.1, -0.05) is 0 Å². The number of carbonyl (C=O) groups is 1. The van der Waals surface area contributed by atoms with Gasteiger partial charge in [0, 0.05) is 51.2 Å². The summed E-state index contributed by atoms with van der Waals surface area (Å²) >= 11 is 0. The molecule has 8 nitrogen and oxygen atoms in total. The van der Waals surface area contributed by atoms with Crippen molar-refractivity contribution in [2.45, 2.75) is 25.3 Å². The van der Waals surface area contributed by atoms with Crippen LogP contribution in [0.3, 0.4) is 0 Å². The summed E-state index contributed by atoms with van der Waals surface area (Å²) < 4.78 is 33.4. The highest BCUT2D eigenvalue weighted by atomic mass is 35.5. The maximum absolute atomic E-state index is 12.6. The van der Waals surface area contributed by atoms with Gasteiger partial charge in [-0.3, -0.25) is 4.79 Å². The molecule has 1 saturated carbocycles. The third-order valence-electron chi connectivity index (χ3n) is 5.00. The third-order valence-corrected chi connectivity index (χ3v) is 7.03. The van der Waals surface area contributed by atoms with Crippen LogP contribution in [-0.2, 0) is 19.7 Å². The molecular weight excluding hydrogens is 356 g/mol. The summed E-state index contributed by atoms with van der Waals surface area (Å²) in [6, 6.07) is 0.131. The van der Waals surface area contributed by atoms with Gasteiger partial charge in [-0.05, 0) is 19.3 Å². The maximum Gasteiger partial charge on any atom is 0.282 e. The molecular formula is C14H27ClN4O4S. The fraction of sp³-hybridized carbons (Fsp3) is 0.929. The zero-order valence-corrected chi connectivity index (χ0v) is 15.4. The summed E-state index contributed by atoms with van der Waals surface area (Å²) in [6.45, 7) is 3.36. The Morgan fingerprint density at radius 3 is 2.08 bits per heavy atom. The van der Waals surface area contributed by atoms with E-state index in [1.807, 2.05) is 0 Å². The first-order chi connectivity index (χ1) is 11.0. The first kappa shape index (κ1) is 19.9. The molecule has 0 bridgehead atoms. The van der Waals surface area contributed by atoms with Crippen LogP contribution in [0.1, 0.15) is 19.3 Å². The van der Waals surface area contributed by atoms with Crippen molar-refractivity contribution < 1.29 is 17.9 Å². The van der Waals surface area contributed by atoms with Crippen LogP contribution in [0.15, 0.2) is 0 Å². The summed E-state index contributed by atoms with van der Waals surface area (Å²) in [5.41, 5.74) is 5.88. The standard InChI is InChI=1S/C14H26N4O4S.ClH/c15-13-2-1-12(11-13)14(19)16-3-5-17(6-4-16)23(20,21)18-7-9-22-10-8-18;/h12-13H,1-11,15H2;1H. The van der Waals surface area contributed by atoms with Gasteiger partial charge in [0.25, 0.3) is 10.2 Å². The summed E-state index contributed by atoms with van der Waals surface area (Å²) in [5.74, 6) is 0.161. The van der Waals surface area contributed by atoms with Crippen molar-refractivity contribution in [2.24, 2.45) is 11.7 Å². The zero-order valence-electron chi connectivity index (χ0n) is 13.8. The minimum atomic E-state index is -3.43. The van der Waals surface area contributed by atoms with Gasteiger partial charge in [-0.2, -0.15) is 17.0 Å². The molecule has 2 atom stereocenters. The van der Waals surface area contributed by atoms with Crippen molar-refractivity contribution in [3.05, 3.63) is 0 Å². The zero-order chi connectivity index (χ0) is 16.4. The molecule has 140 valence electrons. The number of amides is 1. The molecule has 0 aromatic rings. The topological polar surface area (TPSA) is 96.2 Å². The molecule has 2 unspecified atom stereocenters. The number of hydrogen-bond acceptors (Lipinski definition) is 5. The van der Waals surface area contributed by atoms with Gasteiger partial charge in [0.15, 0.2) is 0 Å². The van der Waals surface area contributed by atoms with E-state index in [0.717, 1.165) is 19.3 Å². The van der Waals surface area contributed by atoms with Crippen LogP contribution < -0.4 is 5.73 Å². The van der Waals surface area contributed by atoms with E-state index in [9.17, 15) is 13.2 Å². The first-order valence-electron chi connectivity index (χ1n) is 8.36. The molecule has 2 N–H and O–H groups in total. The van der Waals surface area contributed by atoms with E-state index < -0.39 is 10.2 Å². The number of nitrogens with two attached hydrogens (primary N) is 1. The molecule has 2 heterocycles. The van der Waals surface area contributed by atoms with E-state index >= 15 is 0 Å². The Balaban J connectivity index is 0.00000208. The number of ether oxygens (including phenoxy) is 1. The molecule has 0 aromatic carbocycles. The van der Waals surface area contributed by atoms with Crippen molar-refractivity contribution in [3.63, 3.8) is 0 Å². The summed E-state index contributed by atoms with van der Waals surface area (Å²) in [6.07, 6.45) is 2.51. The van der Waals surface area contributed by atoms with Crippen LogP contribution in [0.25, 0.3) is 0 Å². The number of rotatable bonds is 3. The highest BCUT2D eigenvalue weighted by molar-refractivity contribution is 7.86. The quantitative estimate of drug-likeness (QED) is 0.693. The van der Waals surface area contributed by atoms with Gasteiger partial charge < -0.3 is 15.4 Å². The molecule has 2 aliphatic heterocycles. The number of nitrogens with zero attached hydrogens (tertiary/aromatic N) is 3. The molecule has 1 aliphatic carbocycles. The first-order valence-corrected chi connectivity index (χ1v) is 9.75. The summed E-state index contributed by atoms with van der Waals surface area (Å²) in [5, 5.41) is 0. The molecule has 3 aliphatic rings. The molecule has 3 rings (SSSR count). The second-order valence-electron chi connectivity index (χ2n) is 6.51. The molecule has 10 heteroatoms. The third kappa shape index (κ3) is 4.20. The fourth-order valence-corrected chi connectivity index (χ4v) is 5.14. The monoisotopic (exact) mass is 382 g/mol. The molecule has 1 amide bonds. The van der Waals surface area contributed by atoms with Crippen LogP contribution in [0.2, 0.25) is 0 Å². The lowest BCUT2D eigenvalue weighted by Crippen LogP contribution is -2.56. The highest BCUT2D eigenvalue weighted by Crippen LogP contribution is 2.26. The molecule has 0 aromatic heterocycles. The molecule has 0 spiro atoms. The Labute approximate surface area is 149 Å². The fourth-order valence-electron chi connectivity index (χ4n) is 3.58. The molecule has 2 saturated heterocycles. The Morgan fingerprint density at radius 1 is 0.958 bits per heavy atom. The number of piperazine rings is 1. The maximum atomic E-state index is 12.6. The van der Waals surface area contributed by atoms with Crippen LogP contribution in [0, 0.1) is 5.92 Å². The minimum Gasteiger partial charge on any atom is -0.379 e. The second kappa shape index (κ2) is 8.29. The van der Waals surface area contributed by atoms with Crippen LogP contribution in [0.4, 0.5) is 0 Å². The van der Waals surface area contributed by atoms with Crippen molar-refractivity contribution in [1.29, 1.82) is 0 Å². The molecule has 24 heavy (non-hydrogen) atoms. The van der Waals surface area contributed by atoms with Crippen molar-refractivity contribution >= 4 is 28.5 Å². The van der Waals surface area contributed by atoms with Crippen LogP contribution >= 0.6 is 12.4 Å². The van der Waals surface area contributed by atoms with Gasteiger partial charge in [-0.15, -0.1) is 12.4 Å². The Kier molecular flexibility index (Phi) is 6.86. The van der Waals surface area contributed by atoms with Crippen molar-refractivity contribution in [3.8, 4) is 0 Å². The lowest BCUT2D eigenvalue weighted by atomic mass is 10.1. The number of carbonyl (C=O) groups excluding carboxylic acids is 1. The van der Waals surface area contributed by atoms with E-state index in [1.165, 1.54) is 8.61 Å². The van der Waals surface area contributed by atoms with E-state index in [2.05, 4.69) is 0 Å². The average Bonchev–Trinajstić information content (AvgIpc) is 3.01. The van der Waals surface area contributed by atoms with Gasteiger partial charge >= 0.3 is 0 Å².